The molecule has 1 amide bonds. The Balaban J connectivity index is 0.00000242. The van der Waals surface area contributed by atoms with Crippen molar-refractivity contribution in [1.82, 2.24) is 10.2 Å². The number of rotatable bonds is 5. The molecule has 1 fully saturated rings. The van der Waals surface area contributed by atoms with E-state index in [1.807, 2.05) is 11.8 Å². The van der Waals surface area contributed by atoms with Gasteiger partial charge in [-0.05, 0) is 13.0 Å². The van der Waals surface area contributed by atoms with Crippen LogP contribution in [-0.4, -0.2) is 48.0 Å². The standard InChI is InChI=1S/C14H19N3O4.ClH/c1-11-10-15-7-8-16(11)14(18)6-9-21-13-5-3-2-4-12(13)17(19)20;/h2-5,11,15H,6-10H2,1H3;1H/t11-;/m1./s1. The molecule has 0 aliphatic carbocycles. The van der Waals surface area contributed by atoms with Crippen LogP contribution >= 0.6 is 12.4 Å². The van der Waals surface area contributed by atoms with Crippen molar-refractivity contribution >= 4 is 24.0 Å². The topological polar surface area (TPSA) is 84.7 Å². The summed E-state index contributed by atoms with van der Waals surface area (Å²) in [5.41, 5.74) is -0.0829. The first-order valence-corrected chi connectivity index (χ1v) is 6.96. The van der Waals surface area contributed by atoms with Crippen molar-refractivity contribution in [2.24, 2.45) is 0 Å². The zero-order valence-corrected chi connectivity index (χ0v) is 13.2. The van der Waals surface area contributed by atoms with Gasteiger partial charge in [0.15, 0.2) is 5.75 Å². The Bertz CT molecular complexity index is 527. The van der Waals surface area contributed by atoms with E-state index in [1.54, 1.807) is 12.1 Å². The lowest BCUT2D eigenvalue weighted by Crippen LogP contribution is -2.52. The second-order valence-corrected chi connectivity index (χ2v) is 4.96. The Kier molecular flexibility index (Phi) is 7.07. The molecule has 1 aromatic carbocycles. The van der Waals surface area contributed by atoms with Crippen LogP contribution in [0.5, 0.6) is 5.75 Å². The summed E-state index contributed by atoms with van der Waals surface area (Å²) < 4.78 is 5.39. The summed E-state index contributed by atoms with van der Waals surface area (Å²) in [4.78, 5) is 24.3. The van der Waals surface area contributed by atoms with Gasteiger partial charge in [0.05, 0.1) is 18.0 Å². The lowest BCUT2D eigenvalue weighted by molar-refractivity contribution is -0.385. The highest BCUT2D eigenvalue weighted by atomic mass is 35.5. The molecule has 0 unspecified atom stereocenters. The van der Waals surface area contributed by atoms with E-state index in [0.29, 0.717) is 6.54 Å². The monoisotopic (exact) mass is 329 g/mol. The molecule has 2 rings (SSSR count). The number of hydrogen-bond acceptors (Lipinski definition) is 5. The fraction of sp³-hybridized carbons (Fsp3) is 0.500. The van der Waals surface area contributed by atoms with Gasteiger partial charge in [-0.2, -0.15) is 0 Å². The van der Waals surface area contributed by atoms with E-state index >= 15 is 0 Å². The van der Waals surface area contributed by atoms with Crippen molar-refractivity contribution in [1.29, 1.82) is 0 Å². The molecule has 1 saturated heterocycles. The number of nitrogens with one attached hydrogen (secondary N) is 1. The first kappa shape index (κ1) is 18.2. The van der Waals surface area contributed by atoms with Gasteiger partial charge in [-0.25, -0.2) is 0 Å². The van der Waals surface area contributed by atoms with Crippen molar-refractivity contribution in [3.63, 3.8) is 0 Å². The largest absolute Gasteiger partial charge is 0.486 e. The van der Waals surface area contributed by atoms with Gasteiger partial charge in [0.25, 0.3) is 0 Å². The third-order valence-electron chi connectivity index (χ3n) is 3.46. The second kappa shape index (κ2) is 8.55. The predicted molar refractivity (Wildman–Crippen MR) is 84.5 cm³/mol. The molecule has 7 nitrogen and oxygen atoms in total. The third kappa shape index (κ3) is 4.57. The number of piperazine rings is 1. The number of carbonyl (C=O) groups is 1. The molecule has 0 radical (unpaired) electrons. The zero-order chi connectivity index (χ0) is 15.2. The van der Waals surface area contributed by atoms with Crippen molar-refractivity contribution in [3.8, 4) is 5.75 Å². The molecule has 0 spiro atoms. The first-order valence-electron chi connectivity index (χ1n) is 6.96. The summed E-state index contributed by atoms with van der Waals surface area (Å²) in [6.07, 6.45) is 0.219. The molecular weight excluding hydrogens is 310 g/mol. The minimum absolute atomic E-state index is 0. The molecule has 1 aromatic rings. The Morgan fingerprint density at radius 1 is 1.50 bits per heavy atom. The van der Waals surface area contributed by atoms with Crippen LogP contribution in [0.4, 0.5) is 5.69 Å². The summed E-state index contributed by atoms with van der Waals surface area (Å²) in [6.45, 7) is 4.40. The molecule has 1 heterocycles. The molecule has 1 aliphatic rings. The quantitative estimate of drug-likeness (QED) is 0.655. The molecule has 0 aromatic heterocycles. The maximum atomic E-state index is 12.1. The Labute approximate surface area is 135 Å². The average molecular weight is 330 g/mol. The van der Waals surface area contributed by atoms with Crippen LogP contribution in [0.1, 0.15) is 13.3 Å². The van der Waals surface area contributed by atoms with Crippen molar-refractivity contribution < 1.29 is 14.5 Å². The third-order valence-corrected chi connectivity index (χ3v) is 3.46. The number of nitrogens with zero attached hydrogens (tertiary/aromatic N) is 2. The minimum atomic E-state index is -0.491. The molecule has 1 N–H and O–H groups in total. The number of hydrogen-bond donors (Lipinski definition) is 1. The first-order chi connectivity index (χ1) is 10.1. The van der Waals surface area contributed by atoms with Gasteiger partial charge in [-0.1, -0.05) is 12.1 Å². The number of benzene rings is 1. The van der Waals surface area contributed by atoms with E-state index in [2.05, 4.69) is 5.32 Å². The van der Waals surface area contributed by atoms with E-state index in [1.165, 1.54) is 12.1 Å². The van der Waals surface area contributed by atoms with E-state index in [-0.39, 0.29) is 48.8 Å². The van der Waals surface area contributed by atoms with Crippen LogP contribution in [0.3, 0.4) is 0 Å². The number of carbonyl (C=O) groups excluding carboxylic acids is 1. The van der Waals surface area contributed by atoms with Gasteiger partial charge in [-0.15, -0.1) is 12.4 Å². The molecule has 1 atom stereocenters. The molecule has 122 valence electrons. The highest BCUT2D eigenvalue weighted by Gasteiger charge is 2.23. The second-order valence-electron chi connectivity index (χ2n) is 4.96. The summed E-state index contributed by atoms with van der Waals surface area (Å²) in [6, 6.07) is 6.34. The minimum Gasteiger partial charge on any atom is -0.486 e. The van der Waals surface area contributed by atoms with Crippen molar-refractivity contribution in [2.45, 2.75) is 19.4 Å². The Hall–Kier alpha value is -1.86. The fourth-order valence-electron chi connectivity index (χ4n) is 2.33. The maximum absolute atomic E-state index is 12.1. The van der Waals surface area contributed by atoms with Gasteiger partial charge >= 0.3 is 5.69 Å². The van der Waals surface area contributed by atoms with E-state index in [9.17, 15) is 14.9 Å². The Morgan fingerprint density at radius 3 is 2.91 bits per heavy atom. The smallest absolute Gasteiger partial charge is 0.310 e. The number of nitro groups is 1. The highest BCUT2D eigenvalue weighted by Crippen LogP contribution is 2.25. The van der Waals surface area contributed by atoms with Crippen LogP contribution in [0.25, 0.3) is 0 Å². The summed E-state index contributed by atoms with van der Waals surface area (Å²) in [7, 11) is 0. The lowest BCUT2D eigenvalue weighted by atomic mass is 10.2. The van der Waals surface area contributed by atoms with Crippen molar-refractivity contribution in [3.05, 3.63) is 34.4 Å². The molecule has 1 aliphatic heterocycles. The van der Waals surface area contributed by atoms with Crippen LogP contribution in [0.2, 0.25) is 0 Å². The number of halogens is 1. The SMILES string of the molecule is C[C@@H]1CNCCN1C(=O)CCOc1ccccc1[N+](=O)[O-].Cl. The maximum Gasteiger partial charge on any atom is 0.310 e. The zero-order valence-electron chi connectivity index (χ0n) is 12.4. The Morgan fingerprint density at radius 2 is 2.23 bits per heavy atom. The van der Waals surface area contributed by atoms with Gasteiger partial charge < -0.3 is 15.0 Å². The molecule has 0 bridgehead atoms. The lowest BCUT2D eigenvalue weighted by Gasteiger charge is -2.34. The predicted octanol–water partition coefficient (Wildman–Crippen LogP) is 1.61. The van der Waals surface area contributed by atoms with Crippen LogP contribution in [-0.2, 0) is 4.79 Å². The van der Waals surface area contributed by atoms with E-state index < -0.39 is 4.92 Å². The molecule has 22 heavy (non-hydrogen) atoms. The van der Waals surface area contributed by atoms with Crippen LogP contribution < -0.4 is 10.1 Å². The average Bonchev–Trinajstić information content (AvgIpc) is 2.48. The fourth-order valence-corrected chi connectivity index (χ4v) is 2.33. The molecular formula is C14H20ClN3O4. The van der Waals surface area contributed by atoms with Gasteiger partial charge in [0.2, 0.25) is 5.91 Å². The number of ether oxygens (including phenoxy) is 1. The van der Waals surface area contributed by atoms with Gasteiger partial charge in [-0.3, -0.25) is 14.9 Å². The van der Waals surface area contributed by atoms with Crippen LogP contribution in [0, 0.1) is 10.1 Å². The van der Waals surface area contributed by atoms with Gasteiger partial charge in [0.1, 0.15) is 0 Å². The summed E-state index contributed by atoms with van der Waals surface area (Å²) >= 11 is 0. The summed E-state index contributed by atoms with van der Waals surface area (Å²) in [5, 5.41) is 14.1. The molecule has 0 saturated carbocycles. The normalized spacial score (nSPS) is 17.5. The van der Waals surface area contributed by atoms with Gasteiger partial charge in [0, 0.05) is 31.7 Å². The van der Waals surface area contributed by atoms with Crippen molar-refractivity contribution in [2.75, 3.05) is 26.2 Å². The number of nitro benzene ring substituents is 1. The summed E-state index contributed by atoms with van der Waals surface area (Å²) in [5.74, 6) is 0.214. The van der Waals surface area contributed by atoms with Crippen LogP contribution in [0.15, 0.2) is 24.3 Å². The number of para-hydroxylation sites is 2. The van der Waals surface area contributed by atoms with E-state index in [4.69, 9.17) is 4.74 Å². The number of amides is 1. The van der Waals surface area contributed by atoms with E-state index in [0.717, 1.165) is 13.1 Å². The highest BCUT2D eigenvalue weighted by molar-refractivity contribution is 5.85. The molecule has 8 heteroatoms.